The molecule has 0 spiro atoms. The van der Waals surface area contributed by atoms with Gasteiger partial charge >= 0.3 is 0 Å². The highest BCUT2D eigenvalue weighted by atomic mass is 35.5. The minimum Gasteiger partial charge on any atom is -0.492 e. The average molecular weight is 327 g/mol. The fourth-order valence-corrected chi connectivity index (χ4v) is 2.97. The molecular weight excluding hydrogens is 308 g/mol. The highest BCUT2D eigenvalue weighted by Crippen LogP contribution is 2.35. The Balaban J connectivity index is 2.01. The van der Waals surface area contributed by atoms with Crippen LogP contribution in [0.5, 0.6) is 5.75 Å². The first-order valence-electron chi connectivity index (χ1n) is 7.63. The van der Waals surface area contributed by atoms with E-state index in [0.29, 0.717) is 22.8 Å². The number of carbonyl (C=O) groups is 1. The number of ether oxygens (including phenoxy) is 1. The van der Waals surface area contributed by atoms with Crippen molar-refractivity contribution in [3.63, 3.8) is 0 Å². The SMILES string of the molecule is CC1=CC(C)(C)COc2ccc(C(=O)c3ccc(Cl)cc3)cc21. The van der Waals surface area contributed by atoms with E-state index in [-0.39, 0.29) is 11.2 Å². The average Bonchev–Trinajstić information content (AvgIpc) is 2.63. The van der Waals surface area contributed by atoms with Gasteiger partial charge in [0.2, 0.25) is 0 Å². The zero-order valence-electron chi connectivity index (χ0n) is 13.5. The van der Waals surface area contributed by atoms with E-state index in [1.54, 1.807) is 24.3 Å². The first kappa shape index (κ1) is 15.8. The summed E-state index contributed by atoms with van der Waals surface area (Å²) in [5, 5.41) is 0.623. The standard InChI is InChI=1S/C20H19ClO2/c1-13-11-20(2,3)12-23-18-9-6-15(10-17(13)18)19(22)14-4-7-16(21)8-5-14/h4-11H,12H2,1-3H3. The number of ketones is 1. The van der Waals surface area contributed by atoms with E-state index in [2.05, 4.69) is 26.8 Å². The molecule has 0 aliphatic carbocycles. The second-order valence-corrected chi connectivity index (χ2v) is 7.09. The number of carbonyl (C=O) groups excluding carboxylic acids is 1. The second-order valence-electron chi connectivity index (χ2n) is 6.65. The van der Waals surface area contributed by atoms with Gasteiger partial charge in [0.25, 0.3) is 0 Å². The Bertz CT molecular complexity index is 786. The summed E-state index contributed by atoms with van der Waals surface area (Å²) in [6.07, 6.45) is 2.20. The molecule has 3 rings (SSSR count). The highest BCUT2D eigenvalue weighted by molar-refractivity contribution is 6.30. The van der Waals surface area contributed by atoms with Crippen LogP contribution in [0.2, 0.25) is 5.02 Å². The van der Waals surface area contributed by atoms with Crippen molar-refractivity contribution in [2.24, 2.45) is 5.41 Å². The van der Waals surface area contributed by atoms with Crippen molar-refractivity contribution in [3.05, 3.63) is 70.3 Å². The Morgan fingerprint density at radius 2 is 1.74 bits per heavy atom. The Morgan fingerprint density at radius 1 is 1.09 bits per heavy atom. The molecule has 0 N–H and O–H groups in total. The molecule has 3 heteroatoms. The largest absolute Gasteiger partial charge is 0.492 e. The summed E-state index contributed by atoms with van der Waals surface area (Å²) < 4.78 is 5.91. The fourth-order valence-electron chi connectivity index (χ4n) is 2.84. The van der Waals surface area contributed by atoms with Gasteiger partial charge < -0.3 is 4.74 Å². The number of halogens is 1. The summed E-state index contributed by atoms with van der Waals surface area (Å²) in [5.74, 6) is 0.817. The molecule has 2 aromatic carbocycles. The van der Waals surface area contributed by atoms with E-state index in [1.165, 1.54) is 0 Å². The van der Waals surface area contributed by atoms with Crippen LogP contribution in [0.25, 0.3) is 5.57 Å². The third-order valence-electron chi connectivity index (χ3n) is 3.98. The Kier molecular flexibility index (Phi) is 4.03. The molecule has 2 aromatic rings. The molecule has 0 bridgehead atoms. The lowest BCUT2D eigenvalue weighted by Gasteiger charge is -2.18. The van der Waals surface area contributed by atoms with E-state index in [0.717, 1.165) is 16.9 Å². The van der Waals surface area contributed by atoms with Gasteiger partial charge in [0.15, 0.2) is 5.78 Å². The fraction of sp³-hybridized carbons (Fsp3) is 0.250. The van der Waals surface area contributed by atoms with E-state index in [1.807, 2.05) is 18.2 Å². The molecule has 0 unspecified atom stereocenters. The Hall–Kier alpha value is -2.06. The van der Waals surface area contributed by atoms with E-state index >= 15 is 0 Å². The van der Waals surface area contributed by atoms with Gasteiger partial charge in [-0.2, -0.15) is 0 Å². The van der Waals surface area contributed by atoms with Crippen LogP contribution in [-0.2, 0) is 0 Å². The maximum atomic E-state index is 12.7. The van der Waals surface area contributed by atoms with Gasteiger partial charge in [-0.15, -0.1) is 0 Å². The van der Waals surface area contributed by atoms with Crippen molar-refractivity contribution in [2.75, 3.05) is 6.61 Å². The Labute approximate surface area is 141 Å². The smallest absolute Gasteiger partial charge is 0.193 e. The van der Waals surface area contributed by atoms with Crippen molar-refractivity contribution in [3.8, 4) is 5.75 Å². The lowest BCUT2D eigenvalue weighted by atomic mass is 9.90. The van der Waals surface area contributed by atoms with Crippen LogP contribution in [0.1, 0.15) is 42.3 Å². The first-order valence-corrected chi connectivity index (χ1v) is 8.00. The van der Waals surface area contributed by atoms with Crippen LogP contribution in [-0.4, -0.2) is 12.4 Å². The van der Waals surface area contributed by atoms with Crippen molar-refractivity contribution in [1.29, 1.82) is 0 Å². The molecule has 0 saturated heterocycles. The van der Waals surface area contributed by atoms with E-state index in [9.17, 15) is 4.79 Å². The van der Waals surface area contributed by atoms with Crippen molar-refractivity contribution < 1.29 is 9.53 Å². The van der Waals surface area contributed by atoms with Crippen molar-refractivity contribution >= 4 is 23.0 Å². The quantitative estimate of drug-likeness (QED) is 0.691. The zero-order valence-corrected chi connectivity index (χ0v) is 14.3. The molecule has 0 fully saturated rings. The molecule has 2 nitrogen and oxygen atoms in total. The molecule has 0 radical (unpaired) electrons. The second kappa shape index (κ2) is 5.86. The van der Waals surface area contributed by atoms with Crippen LogP contribution in [0, 0.1) is 5.41 Å². The molecule has 118 valence electrons. The minimum absolute atomic E-state index is 0.0132. The zero-order chi connectivity index (χ0) is 16.6. The number of allylic oxidation sites excluding steroid dienone is 1. The van der Waals surface area contributed by atoms with Gasteiger partial charge in [0, 0.05) is 27.1 Å². The summed E-state index contributed by atoms with van der Waals surface area (Å²) >= 11 is 5.89. The van der Waals surface area contributed by atoms with E-state index < -0.39 is 0 Å². The number of hydrogen-bond acceptors (Lipinski definition) is 2. The van der Waals surface area contributed by atoms with Gasteiger partial charge in [0.1, 0.15) is 5.75 Å². The molecule has 1 heterocycles. The molecular formula is C20H19ClO2. The molecule has 0 aromatic heterocycles. The number of fused-ring (bicyclic) bond motifs is 1. The van der Waals surface area contributed by atoms with Crippen LogP contribution in [0.3, 0.4) is 0 Å². The van der Waals surface area contributed by atoms with Crippen LogP contribution in [0.4, 0.5) is 0 Å². The predicted octanol–water partition coefficient (Wildman–Crippen LogP) is 5.39. The minimum atomic E-state index is -0.0244. The normalized spacial score (nSPS) is 15.9. The first-order chi connectivity index (χ1) is 10.9. The summed E-state index contributed by atoms with van der Waals surface area (Å²) in [5.41, 5.74) is 3.38. The summed E-state index contributed by atoms with van der Waals surface area (Å²) in [6.45, 7) is 6.97. The van der Waals surface area contributed by atoms with E-state index in [4.69, 9.17) is 16.3 Å². The summed E-state index contributed by atoms with van der Waals surface area (Å²) in [4.78, 5) is 12.7. The van der Waals surface area contributed by atoms with Crippen molar-refractivity contribution in [1.82, 2.24) is 0 Å². The lowest BCUT2D eigenvalue weighted by molar-refractivity contribution is 0.103. The van der Waals surface area contributed by atoms with Crippen LogP contribution >= 0.6 is 11.6 Å². The van der Waals surface area contributed by atoms with Gasteiger partial charge in [-0.05, 0) is 55.0 Å². The molecule has 0 atom stereocenters. The number of hydrogen-bond donors (Lipinski definition) is 0. The highest BCUT2D eigenvalue weighted by Gasteiger charge is 2.23. The van der Waals surface area contributed by atoms with Gasteiger partial charge in [-0.25, -0.2) is 0 Å². The Morgan fingerprint density at radius 3 is 2.43 bits per heavy atom. The van der Waals surface area contributed by atoms with Crippen LogP contribution < -0.4 is 4.74 Å². The number of benzene rings is 2. The predicted molar refractivity (Wildman–Crippen MR) is 94.3 cm³/mol. The summed E-state index contributed by atoms with van der Waals surface area (Å²) in [7, 11) is 0. The molecule has 0 amide bonds. The van der Waals surface area contributed by atoms with Crippen LogP contribution in [0.15, 0.2) is 48.5 Å². The molecule has 1 aliphatic heterocycles. The number of rotatable bonds is 2. The summed E-state index contributed by atoms with van der Waals surface area (Å²) in [6, 6.07) is 12.6. The third kappa shape index (κ3) is 3.32. The van der Waals surface area contributed by atoms with Gasteiger partial charge in [0.05, 0.1) is 6.61 Å². The maximum Gasteiger partial charge on any atom is 0.193 e. The van der Waals surface area contributed by atoms with Gasteiger partial charge in [-0.3, -0.25) is 4.79 Å². The third-order valence-corrected chi connectivity index (χ3v) is 4.23. The molecule has 0 saturated carbocycles. The molecule has 1 aliphatic rings. The van der Waals surface area contributed by atoms with Gasteiger partial charge in [-0.1, -0.05) is 31.5 Å². The monoisotopic (exact) mass is 326 g/mol. The lowest BCUT2D eigenvalue weighted by Crippen LogP contribution is -2.17. The topological polar surface area (TPSA) is 26.3 Å². The van der Waals surface area contributed by atoms with Crippen molar-refractivity contribution in [2.45, 2.75) is 20.8 Å². The molecule has 23 heavy (non-hydrogen) atoms. The maximum absolute atomic E-state index is 12.7.